The minimum atomic E-state index is 0.502. The molecule has 3 nitrogen and oxygen atoms in total. The van der Waals surface area contributed by atoms with Gasteiger partial charge in [-0.05, 0) is 29.3 Å². The van der Waals surface area contributed by atoms with E-state index in [0.29, 0.717) is 10.6 Å². The molecule has 0 unspecified atom stereocenters. The summed E-state index contributed by atoms with van der Waals surface area (Å²) in [7, 11) is 0. The topological polar surface area (TPSA) is 48.7 Å². The number of nitriles is 1. The Bertz CT molecular complexity index is 1190. The highest BCUT2D eigenvalue weighted by molar-refractivity contribution is 9.10. The zero-order valence-corrected chi connectivity index (χ0v) is 17.7. The number of aromatic nitrogens is 1. The van der Waals surface area contributed by atoms with Crippen LogP contribution in [0.1, 0.15) is 5.01 Å². The van der Waals surface area contributed by atoms with Gasteiger partial charge in [-0.2, -0.15) is 5.26 Å². The molecule has 5 heteroatoms. The van der Waals surface area contributed by atoms with Gasteiger partial charge in [-0.1, -0.05) is 76.6 Å². The first-order valence-corrected chi connectivity index (χ1v) is 10.6. The molecule has 0 amide bonds. The number of nitrogens with one attached hydrogen (secondary N) is 1. The van der Waals surface area contributed by atoms with Crippen molar-refractivity contribution in [1.29, 1.82) is 5.26 Å². The van der Waals surface area contributed by atoms with Crippen LogP contribution in [-0.4, -0.2) is 4.98 Å². The second kappa shape index (κ2) is 8.87. The molecule has 4 rings (SSSR count). The first kappa shape index (κ1) is 19.1. The lowest BCUT2D eigenvalue weighted by Gasteiger charge is -2.03. The zero-order valence-electron chi connectivity index (χ0n) is 15.3. The minimum absolute atomic E-state index is 0.502. The van der Waals surface area contributed by atoms with Gasteiger partial charge in [0.15, 0.2) is 0 Å². The number of rotatable bonds is 5. The number of anilines is 1. The molecule has 1 aromatic heterocycles. The van der Waals surface area contributed by atoms with E-state index in [9.17, 15) is 5.26 Å². The molecule has 0 bridgehead atoms. The molecule has 1 N–H and O–H groups in total. The maximum absolute atomic E-state index is 9.55. The van der Waals surface area contributed by atoms with Crippen molar-refractivity contribution in [2.24, 2.45) is 0 Å². The first-order valence-electron chi connectivity index (χ1n) is 8.97. The highest BCUT2D eigenvalue weighted by Crippen LogP contribution is 2.28. The highest BCUT2D eigenvalue weighted by Gasteiger charge is 2.09. The molecular weight excluding hydrogens is 442 g/mol. The normalized spacial score (nSPS) is 11.1. The maximum atomic E-state index is 9.55. The summed E-state index contributed by atoms with van der Waals surface area (Å²) in [6.45, 7) is 0. The van der Waals surface area contributed by atoms with Crippen LogP contribution in [0.25, 0.3) is 28.0 Å². The fourth-order valence-electron chi connectivity index (χ4n) is 2.87. The van der Waals surface area contributed by atoms with Gasteiger partial charge in [0.05, 0.1) is 5.69 Å². The molecule has 0 spiro atoms. The van der Waals surface area contributed by atoms with Gasteiger partial charge in [0, 0.05) is 27.3 Å². The van der Waals surface area contributed by atoms with Crippen molar-refractivity contribution in [1.82, 2.24) is 4.98 Å². The lowest BCUT2D eigenvalue weighted by atomic mass is 10.0. The molecule has 0 fully saturated rings. The summed E-state index contributed by atoms with van der Waals surface area (Å²) in [4.78, 5) is 4.66. The second-order valence-electron chi connectivity index (χ2n) is 6.31. The number of hydrogen-bond donors (Lipinski definition) is 1. The van der Waals surface area contributed by atoms with E-state index in [4.69, 9.17) is 0 Å². The molecule has 140 valence electrons. The Morgan fingerprint density at radius 3 is 2.38 bits per heavy atom. The molecule has 0 aliphatic rings. The summed E-state index contributed by atoms with van der Waals surface area (Å²) in [5.41, 5.74) is 5.66. The van der Waals surface area contributed by atoms with Crippen LogP contribution in [0.3, 0.4) is 0 Å². The lowest BCUT2D eigenvalue weighted by Crippen LogP contribution is -1.91. The van der Waals surface area contributed by atoms with E-state index in [2.05, 4.69) is 68.7 Å². The van der Waals surface area contributed by atoms with E-state index in [0.717, 1.165) is 21.4 Å². The van der Waals surface area contributed by atoms with Gasteiger partial charge >= 0.3 is 0 Å². The molecule has 0 saturated heterocycles. The van der Waals surface area contributed by atoms with Gasteiger partial charge in [0.1, 0.15) is 16.6 Å². The van der Waals surface area contributed by atoms with Crippen LogP contribution in [0.15, 0.2) is 94.9 Å². The molecule has 3 aromatic carbocycles. The molecule has 0 atom stereocenters. The van der Waals surface area contributed by atoms with Crippen LogP contribution in [0.2, 0.25) is 0 Å². The molecule has 0 saturated carbocycles. The number of nitrogens with zero attached hydrogens (tertiary/aromatic N) is 2. The van der Waals surface area contributed by atoms with Gasteiger partial charge in [-0.3, -0.25) is 0 Å². The summed E-state index contributed by atoms with van der Waals surface area (Å²) >= 11 is 4.91. The molecular formula is C24H16BrN3S. The third kappa shape index (κ3) is 4.62. The summed E-state index contributed by atoms with van der Waals surface area (Å²) in [6, 6.07) is 28.6. The van der Waals surface area contributed by atoms with E-state index in [1.54, 1.807) is 6.20 Å². The predicted molar refractivity (Wildman–Crippen MR) is 124 cm³/mol. The van der Waals surface area contributed by atoms with Gasteiger partial charge in [-0.15, -0.1) is 11.3 Å². The largest absolute Gasteiger partial charge is 0.360 e. The zero-order chi connectivity index (χ0) is 20.1. The van der Waals surface area contributed by atoms with E-state index >= 15 is 0 Å². The predicted octanol–water partition coefficient (Wildman–Crippen LogP) is 7.22. The monoisotopic (exact) mass is 457 g/mol. The Morgan fingerprint density at radius 1 is 0.931 bits per heavy atom. The maximum Gasteiger partial charge on any atom is 0.136 e. The van der Waals surface area contributed by atoms with E-state index < -0.39 is 0 Å². The summed E-state index contributed by atoms with van der Waals surface area (Å²) in [5.74, 6) is 0. The number of halogens is 1. The Kier molecular flexibility index (Phi) is 5.85. The van der Waals surface area contributed by atoms with Gasteiger partial charge in [0.25, 0.3) is 0 Å². The fraction of sp³-hybridized carbons (Fsp3) is 0. The molecule has 0 radical (unpaired) electrons. The van der Waals surface area contributed by atoms with Gasteiger partial charge in [0.2, 0.25) is 0 Å². The first-order chi connectivity index (χ1) is 14.2. The van der Waals surface area contributed by atoms with E-state index in [1.807, 2.05) is 47.8 Å². The van der Waals surface area contributed by atoms with E-state index in [1.165, 1.54) is 22.5 Å². The Morgan fingerprint density at radius 2 is 1.66 bits per heavy atom. The average Bonchev–Trinajstić information content (AvgIpc) is 3.25. The van der Waals surface area contributed by atoms with Crippen molar-refractivity contribution in [3.8, 4) is 28.5 Å². The second-order valence-corrected chi connectivity index (χ2v) is 8.08. The Labute approximate surface area is 182 Å². The smallest absolute Gasteiger partial charge is 0.136 e. The average molecular weight is 458 g/mol. The van der Waals surface area contributed by atoms with E-state index in [-0.39, 0.29) is 0 Å². The van der Waals surface area contributed by atoms with Crippen molar-refractivity contribution >= 4 is 38.5 Å². The fourth-order valence-corrected chi connectivity index (χ4v) is 4.06. The third-order valence-electron chi connectivity index (χ3n) is 4.35. The highest BCUT2D eigenvalue weighted by atomic mass is 79.9. The van der Waals surface area contributed by atoms with Crippen LogP contribution >= 0.6 is 27.3 Å². The minimum Gasteiger partial charge on any atom is -0.360 e. The Balaban J connectivity index is 1.54. The third-order valence-corrected chi connectivity index (χ3v) is 5.72. The van der Waals surface area contributed by atoms with Crippen molar-refractivity contribution in [2.45, 2.75) is 0 Å². The van der Waals surface area contributed by atoms with Crippen LogP contribution in [0, 0.1) is 11.3 Å². The summed E-state index contributed by atoms with van der Waals surface area (Å²) in [6.07, 6.45) is 1.70. The Hall–Kier alpha value is -3.20. The quantitative estimate of drug-likeness (QED) is 0.321. The van der Waals surface area contributed by atoms with Gasteiger partial charge < -0.3 is 5.32 Å². The molecule has 0 aliphatic carbocycles. The van der Waals surface area contributed by atoms with Crippen molar-refractivity contribution in [3.63, 3.8) is 0 Å². The summed E-state index contributed by atoms with van der Waals surface area (Å²) in [5, 5.41) is 15.4. The molecule has 0 aliphatic heterocycles. The standard InChI is InChI=1S/C24H16BrN3S/c25-21-7-4-8-22(13-21)27-15-20(14-26)24-28-23(16-29-24)19-11-9-18(10-12-19)17-5-2-1-3-6-17/h1-13,15-16,27H/b20-15-. The van der Waals surface area contributed by atoms with Crippen molar-refractivity contribution in [2.75, 3.05) is 5.32 Å². The number of hydrogen-bond acceptors (Lipinski definition) is 4. The van der Waals surface area contributed by atoms with Crippen LogP contribution in [0.4, 0.5) is 5.69 Å². The van der Waals surface area contributed by atoms with Crippen molar-refractivity contribution in [3.05, 3.63) is 99.9 Å². The van der Waals surface area contributed by atoms with Crippen molar-refractivity contribution < 1.29 is 0 Å². The van der Waals surface area contributed by atoms with Gasteiger partial charge in [-0.25, -0.2) is 4.98 Å². The molecule has 29 heavy (non-hydrogen) atoms. The van der Waals surface area contributed by atoms with Crippen LogP contribution < -0.4 is 5.32 Å². The van der Waals surface area contributed by atoms with Crippen LogP contribution in [-0.2, 0) is 0 Å². The summed E-state index contributed by atoms with van der Waals surface area (Å²) < 4.78 is 0.977. The SMILES string of the molecule is N#C/C(=C/Nc1cccc(Br)c1)c1nc(-c2ccc(-c3ccccc3)cc2)cs1. The number of benzene rings is 3. The molecule has 1 heterocycles. The number of thiazole rings is 1. The lowest BCUT2D eigenvalue weighted by molar-refractivity contribution is 1.36. The molecule has 4 aromatic rings. The number of allylic oxidation sites excluding steroid dienone is 1. The van der Waals surface area contributed by atoms with Crippen LogP contribution in [0.5, 0.6) is 0 Å².